The van der Waals surface area contributed by atoms with Gasteiger partial charge in [-0.1, -0.05) is 0 Å². The molecule has 5 heteroatoms. The Morgan fingerprint density at radius 1 is 1.53 bits per heavy atom. The number of nitrogens with one attached hydrogen (secondary N) is 2. The van der Waals surface area contributed by atoms with E-state index >= 15 is 0 Å². The van der Waals surface area contributed by atoms with E-state index in [2.05, 4.69) is 33.7 Å². The highest BCUT2D eigenvalue weighted by Gasteiger charge is 2.22. The quantitative estimate of drug-likeness (QED) is 0.850. The average molecular weight is 248 g/mol. The van der Waals surface area contributed by atoms with E-state index in [0.29, 0.717) is 6.04 Å². The van der Waals surface area contributed by atoms with E-state index in [0.717, 1.165) is 30.3 Å². The molecule has 1 fully saturated rings. The Balaban J connectivity index is 1.84. The molecule has 4 nitrogen and oxygen atoms in total. The lowest BCUT2D eigenvalue weighted by atomic mass is 10.1. The molecule has 0 radical (unpaired) electrons. The molecule has 0 spiro atoms. The fourth-order valence-electron chi connectivity index (χ4n) is 2.16. The maximum atomic E-state index is 4.73. The molecule has 1 unspecified atom stereocenters. The zero-order chi connectivity index (χ0) is 11.7. The topological polar surface area (TPSA) is 44.0 Å². The summed E-state index contributed by atoms with van der Waals surface area (Å²) in [6, 6.07) is 4.47. The Hall–Kier alpha value is -1.17. The van der Waals surface area contributed by atoms with E-state index in [1.165, 1.54) is 5.69 Å². The summed E-state index contributed by atoms with van der Waals surface area (Å²) in [5, 5.41) is 6.67. The van der Waals surface area contributed by atoms with E-state index < -0.39 is 0 Å². The third-order valence-corrected chi connectivity index (χ3v) is 4.10. The van der Waals surface area contributed by atoms with Crippen LogP contribution < -0.4 is 5.32 Å². The summed E-state index contributed by atoms with van der Waals surface area (Å²) in [5.41, 5.74) is 2.28. The predicted molar refractivity (Wildman–Crippen MR) is 70.1 cm³/mol. The normalized spacial score (nSPS) is 21.8. The van der Waals surface area contributed by atoms with Crippen molar-refractivity contribution in [3.63, 3.8) is 0 Å². The van der Waals surface area contributed by atoms with Crippen LogP contribution in [0.3, 0.4) is 0 Å². The van der Waals surface area contributed by atoms with Crippen molar-refractivity contribution in [2.45, 2.75) is 6.04 Å². The van der Waals surface area contributed by atoms with Crippen LogP contribution in [0.25, 0.3) is 10.7 Å². The second-order valence-electron chi connectivity index (χ2n) is 4.36. The van der Waals surface area contributed by atoms with Gasteiger partial charge in [0, 0.05) is 31.2 Å². The monoisotopic (exact) mass is 248 g/mol. The van der Waals surface area contributed by atoms with Gasteiger partial charge in [-0.15, -0.1) is 11.3 Å². The molecule has 3 heterocycles. The number of hydrogen-bond acceptors (Lipinski definition) is 4. The van der Waals surface area contributed by atoms with Crippen molar-refractivity contribution >= 4 is 11.3 Å². The summed E-state index contributed by atoms with van der Waals surface area (Å²) < 4.78 is 0. The number of H-pyrrole nitrogens is 1. The second kappa shape index (κ2) is 4.60. The van der Waals surface area contributed by atoms with Gasteiger partial charge in [-0.2, -0.15) is 0 Å². The first-order valence-corrected chi connectivity index (χ1v) is 6.73. The number of thiazole rings is 1. The molecule has 1 saturated heterocycles. The number of aromatic amines is 1. The molecule has 1 atom stereocenters. The number of hydrogen-bond donors (Lipinski definition) is 2. The average Bonchev–Trinajstić information content (AvgIpc) is 3.00. The van der Waals surface area contributed by atoms with E-state index in [4.69, 9.17) is 4.98 Å². The van der Waals surface area contributed by atoms with Gasteiger partial charge in [0.25, 0.3) is 0 Å². The van der Waals surface area contributed by atoms with Crippen LogP contribution in [0.1, 0.15) is 11.7 Å². The predicted octanol–water partition coefficient (Wildman–Crippen LogP) is 1.71. The van der Waals surface area contributed by atoms with Gasteiger partial charge in [-0.25, -0.2) is 4.98 Å². The molecule has 17 heavy (non-hydrogen) atoms. The van der Waals surface area contributed by atoms with Crippen LogP contribution in [0.2, 0.25) is 0 Å². The minimum absolute atomic E-state index is 0.406. The van der Waals surface area contributed by atoms with Crippen LogP contribution in [0, 0.1) is 0 Å². The van der Waals surface area contributed by atoms with Crippen LogP contribution >= 0.6 is 11.3 Å². The van der Waals surface area contributed by atoms with Gasteiger partial charge >= 0.3 is 0 Å². The van der Waals surface area contributed by atoms with Gasteiger partial charge < -0.3 is 10.3 Å². The van der Waals surface area contributed by atoms with Gasteiger partial charge in [0.05, 0.1) is 17.4 Å². The van der Waals surface area contributed by atoms with E-state index in [1.807, 2.05) is 12.3 Å². The fraction of sp³-hybridized carbons (Fsp3) is 0.417. The van der Waals surface area contributed by atoms with Crippen molar-refractivity contribution < 1.29 is 0 Å². The van der Waals surface area contributed by atoms with E-state index in [9.17, 15) is 0 Å². The first-order valence-electron chi connectivity index (χ1n) is 5.85. The molecule has 0 amide bonds. The lowest BCUT2D eigenvalue weighted by Gasteiger charge is -2.31. The summed E-state index contributed by atoms with van der Waals surface area (Å²) in [6.45, 7) is 3.14. The number of rotatable bonds is 2. The lowest BCUT2D eigenvalue weighted by molar-refractivity contribution is 0.199. The Kier molecular flexibility index (Phi) is 2.96. The molecule has 2 N–H and O–H groups in total. The Bertz CT molecular complexity index is 476. The summed E-state index contributed by atoms with van der Waals surface area (Å²) in [4.78, 5) is 10.3. The van der Waals surface area contributed by atoms with E-state index in [-0.39, 0.29) is 0 Å². The van der Waals surface area contributed by atoms with Crippen LogP contribution in [-0.4, -0.2) is 41.5 Å². The molecular weight excluding hydrogens is 232 g/mol. The molecule has 2 aromatic rings. The third-order valence-electron chi connectivity index (χ3n) is 3.20. The number of likely N-dealkylation sites (N-methyl/N-ethyl adjacent to an activating group) is 1. The smallest absolute Gasteiger partial charge is 0.139 e. The highest BCUT2D eigenvalue weighted by Crippen LogP contribution is 2.27. The summed E-state index contributed by atoms with van der Waals surface area (Å²) in [5.74, 6) is 0. The molecule has 0 aliphatic carbocycles. The lowest BCUT2D eigenvalue weighted by Crippen LogP contribution is -2.43. The molecule has 0 aromatic carbocycles. The maximum Gasteiger partial charge on any atom is 0.139 e. The molecule has 1 aliphatic rings. The number of nitrogens with zero attached hydrogens (tertiary/aromatic N) is 2. The van der Waals surface area contributed by atoms with Crippen molar-refractivity contribution in [3.8, 4) is 10.7 Å². The molecule has 2 aromatic heterocycles. The third kappa shape index (κ3) is 2.13. The number of aromatic nitrogens is 2. The van der Waals surface area contributed by atoms with Crippen molar-refractivity contribution in [1.29, 1.82) is 0 Å². The van der Waals surface area contributed by atoms with Crippen LogP contribution in [0.4, 0.5) is 0 Å². The first kappa shape index (κ1) is 11.0. The van der Waals surface area contributed by atoms with Crippen LogP contribution in [0.5, 0.6) is 0 Å². The fourth-order valence-corrected chi connectivity index (χ4v) is 3.02. The zero-order valence-corrected chi connectivity index (χ0v) is 10.6. The van der Waals surface area contributed by atoms with Gasteiger partial charge in [0.15, 0.2) is 0 Å². The van der Waals surface area contributed by atoms with Crippen LogP contribution in [0.15, 0.2) is 23.7 Å². The van der Waals surface area contributed by atoms with Crippen LogP contribution in [-0.2, 0) is 0 Å². The summed E-state index contributed by atoms with van der Waals surface area (Å²) in [6.07, 6.45) is 1.94. The van der Waals surface area contributed by atoms with Crippen molar-refractivity contribution in [1.82, 2.24) is 20.2 Å². The zero-order valence-electron chi connectivity index (χ0n) is 9.81. The van der Waals surface area contributed by atoms with Gasteiger partial charge in [0.1, 0.15) is 5.01 Å². The second-order valence-corrected chi connectivity index (χ2v) is 5.22. The largest absolute Gasteiger partial charge is 0.359 e. The van der Waals surface area contributed by atoms with Crippen molar-refractivity contribution in [3.05, 3.63) is 29.4 Å². The first-order chi connectivity index (χ1) is 8.34. The van der Waals surface area contributed by atoms with Gasteiger partial charge in [0.2, 0.25) is 0 Å². The summed E-state index contributed by atoms with van der Waals surface area (Å²) in [7, 11) is 2.17. The molecular formula is C12H16N4S. The Morgan fingerprint density at radius 3 is 3.24 bits per heavy atom. The van der Waals surface area contributed by atoms with Gasteiger partial charge in [-0.3, -0.25) is 4.90 Å². The number of piperazine rings is 1. The highest BCUT2D eigenvalue weighted by molar-refractivity contribution is 7.13. The van der Waals surface area contributed by atoms with E-state index in [1.54, 1.807) is 11.3 Å². The summed E-state index contributed by atoms with van der Waals surface area (Å²) >= 11 is 1.71. The molecule has 90 valence electrons. The standard InChI is InChI=1S/C12H16N4S/c1-16-6-5-13-7-11(16)10-8-17-12(15-10)9-3-2-4-14-9/h2-4,8,11,13-14H,5-7H2,1H3. The van der Waals surface area contributed by atoms with Gasteiger partial charge in [-0.05, 0) is 19.2 Å². The van der Waals surface area contributed by atoms with Crippen molar-refractivity contribution in [2.24, 2.45) is 0 Å². The minimum atomic E-state index is 0.406. The Morgan fingerprint density at radius 2 is 2.47 bits per heavy atom. The van der Waals surface area contributed by atoms with Crippen molar-refractivity contribution in [2.75, 3.05) is 26.7 Å². The molecule has 3 rings (SSSR count). The SMILES string of the molecule is CN1CCNCC1c1csc(-c2ccc[nH]2)n1. The molecule has 0 saturated carbocycles. The Labute approximate surface area is 105 Å². The minimum Gasteiger partial charge on any atom is -0.359 e. The molecule has 1 aliphatic heterocycles. The molecule has 0 bridgehead atoms. The maximum absolute atomic E-state index is 4.73. The highest BCUT2D eigenvalue weighted by atomic mass is 32.1.